The summed E-state index contributed by atoms with van der Waals surface area (Å²) >= 11 is 0. The molecule has 3 unspecified atom stereocenters. The molecule has 0 bridgehead atoms. The minimum Gasteiger partial charge on any atom is -0.377 e. The van der Waals surface area contributed by atoms with Gasteiger partial charge in [0.05, 0.1) is 23.6 Å². The van der Waals surface area contributed by atoms with Gasteiger partial charge in [-0.15, -0.1) is 0 Å². The zero-order valence-electron chi connectivity index (χ0n) is 27.6. The summed E-state index contributed by atoms with van der Waals surface area (Å²) in [7, 11) is 0. The fourth-order valence-corrected chi connectivity index (χ4v) is 6.97. The van der Waals surface area contributed by atoms with Crippen LogP contribution in [0.15, 0.2) is 66.7 Å². The van der Waals surface area contributed by atoms with E-state index in [1.807, 2.05) is 30.3 Å². The lowest BCUT2D eigenvalue weighted by Gasteiger charge is -2.41. The molecule has 0 aromatic heterocycles. The van der Waals surface area contributed by atoms with Gasteiger partial charge in [-0.1, -0.05) is 76.2 Å². The molecule has 2 amide bonds. The third kappa shape index (κ3) is 7.31. The van der Waals surface area contributed by atoms with E-state index in [4.69, 9.17) is 4.74 Å². The number of carbonyl (C=O) groups is 2. The van der Waals surface area contributed by atoms with Crippen LogP contribution in [0.5, 0.6) is 0 Å². The molecule has 0 aliphatic carbocycles. The van der Waals surface area contributed by atoms with Crippen LogP contribution in [-0.2, 0) is 21.5 Å². The Balaban J connectivity index is 1.46. The fraction of sp³-hybridized carbons (Fsp3) is 0.474. The van der Waals surface area contributed by atoms with Crippen molar-refractivity contribution >= 4 is 17.5 Å². The molecule has 2 saturated heterocycles. The van der Waals surface area contributed by atoms with Crippen LogP contribution in [0, 0.1) is 18.7 Å². The number of hydrogen-bond donors (Lipinski definition) is 1. The Morgan fingerprint density at radius 1 is 1.04 bits per heavy atom. The van der Waals surface area contributed by atoms with Crippen LogP contribution in [0.3, 0.4) is 0 Å². The first-order valence-electron chi connectivity index (χ1n) is 16.4. The van der Waals surface area contributed by atoms with Gasteiger partial charge in [-0.3, -0.25) is 14.5 Å². The van der Waals surface area contributed by atoms with Gasteiger partial charge in [0, 0.05) is 31.4 Å². The first kappa shape index (κ1) is 32.8. The lowest BCUT2D eigenvalue weighted by Crippen LogP contribution is -2.46. The number of piperidine rings is 1. The highest BCUT2D eigenvalue weighted by Crippen LogP contribution is 2.39. The molecule has 0 saturated carbocycles. The predicted molar refractivity (Wildman–Crippen MR) is 178 cm³/mol. The van der Waals surface area contributed by atoms with E-state index in [0.29, 0.717) is 31.0 Å². The average molecular weight is 614 g/mol. The molecule has 3 aromatic carbocycles. The van der Waals surface area contributed by atoms with E-state index in [-0.39, 0.29) is 28.9 Å². The van der Waals surface area contributed by atoms with Crippen molar-refractivity contribution in [1.29, 1.82) is 0 Å². The number of halogens is 1. The Labute approximate surface area is 268 Å². The highest BCUT2D eigenvalue weighted by molar-refractivity contribution is 5.98. The summed E-state index contributed by atoms with van der Waals surface area (Å²) in [5, 5.41) is 3.16. The first-order chi connectivity index (χ1) is 21.5. The summed E-state index contributed by atoms with van der Waals surface area (Å²) in [5.74, 6) is -1.54. The molecule has 2 aliphatic rings. The Hall–Kier alpha value is -3.55. The maximum Gasteiger partial charge on any atom is 0.257 e. The number of nitrogens with zero attached hydrogens (tertiary/aromatic N) is 2. The molecule has 5 rings (SSSR count). The summed E-state index contributed by atoms with van der Waals surface area (Å²) in [6.07, 6.45) is 2.51. The van der Waals surface area contributed by atoms with Gasteiger partial charge < -0.3 is 15.0 Å². The number of benzene rings is 3. The number of amides is 2. The monoisotopic (exact) mass is 613 g/mol. The summed E-state index contributed by atoms with van der Waals surface area (Å²) in [5.41, 5.74) is 4.51. The topological polar surface area (TPSA) is 61.9 Å². The van der Waals surface area contributed by atoms with E-state index < -0.39 is 17.8 Å². The largest absolute Gasteiger partial charge is 0.377 e. The second-order valence-corrected chi connectivity index (χ2v) is 13.7. The molecular weight excluding hydrogens is 565 g/mol. The van der Waals surface area contributed by atoms with Gasteiger partial charge >= 0.3 is 0 Å². The van der Waals surface area contributed by atoms with E-state index in [2.05, 4.69) is 63.0 Å². The fourth-order valence-electron chi connectivity index (χ4n) is 6.97. The minimum atomic E-state index is -0.538. The normalized spacial score (nSPS) is 22.1. The lowest BCUT2D eigenvalue weighted by molar-refractivity contribution is -0.123. The molecule has 1 N–H and O–H groups in total. The molecule has 45 heavy (non-hydrogen) atoms. The van der Waals surface area contributed by atoms with Crippen molar-refractivity contribution in [3.05, 3.63) is 100 Å². The zero-order valence-corrected chi connectivity index (χ0v) is 27.6. The van der Waals surface area contributed by atoms with E-state index in [0.717, 1.165) is 42.9 Å². The Bertz CT molecular complexity index is 1480. The molecule has 7 heteroatoms. The van der Waals surface area contributed by atoms with E-state index in [1.165, 1.54) is 11.6 Å². The van der Waals surface area contributed by atoms with Crippen molar-refractivity contribution in [3.8, 4) is 0 Å². The highest BCUT2D eigenvalue weighted by Gasteiger charge is 2.40. The van der Waals surface area contributed by atoms with Crippen molar-refractivity contribution in [2.24, 2.45) is 5.92 Å². The maximum atomic E-state index is 15.1. The standard InChI is InChI=1S/C38H48FN3O3/c1-7-41(33-20-22-45-26(33)3)24-27-16-18-28(19-17-27)35-31(36(43)40-30-13-9-12-29(23-30)38(4,5)6)14-10-21-42(35)37(44)34-25(2)11-8-15-32(34)39/h8-9,11-13,15-19,23,26,31,33,35H,7,10,14,20-22,24H2,1-6H3,(H,40,43)/t26?,31-,33?,35?/m0/s1. The second kappa shape index (κ2) is 13.8. The van der Waals surface area contributed by atoms with Crippen LogP contribution < -0.4 is 5.32 Å². The summed E-state index contributed by atoms with van der Waals surface area (Å²) in [4.78, 5) is 32.3. The SMILES string of the molecule is CCN(Cc1ccc(C2[C@@H](C(=O)Nc3cccc(C(C)(C)C)c3)CCCN2C(=O)c2c(C)cccc2F)cc1)C1CCOC1C. The Morgan fingerprint density at radius 3 is 2.42 bits per heavy atom. The maximum absolute atomic E-state index is 15.1. The van der Waals surface area contributed by atoms with Gasteiger partial charge in [-0.05, 0) is 85.5 Å². The summed E-state index contributed by atoms with van der Waals surface area (Å²) < 4.78 is 20.9. The summed E-state index contributed by atoms with van der Waals surface area (Å²) in [6, 6.07) is 20.8. The van der Waals surface area contributed by atoms with E-state index in [9.17, 15) is 9.59 Å². The van der Waals surface area contributed by atoms with Gasteiger partial charge in [0.25, 0.3) is 5.91 Å². The van der Waals surface area contributed by atoms with Gasteiger partial charge in [-0.25, -0.2) is 4.39 Å². The van der Waals surface area contributed by atoms with Crippen molar-refractivity contribution < 1.29 is 18.7 Å². The van der Waals surface area contributed by atoms with Crippen LogP contribution in [0.25, 0.3) is 0 Å². The molecule has 3 aromatic rings. The molecule has 2 fully saturated rings. The zero-order chi connectivity index (χ0) is 32.3. The molecule has 2 heterocycles. The van der Waals surface area contributed by atoms with Crippen molar-refractivity contribution in [2.75, 3.05) is 25.0 Å². The molecular formula is C38H48FN3O3. The number of likely N-dealkylation sites (N-methyl/N-ethyl adjacent to an activating group) is 1. The quantitative estimate of drug-likeness (QED) is 0.283. The number of nitrogens with one attached hydrogen (secondary N) is 1. The van der Waals surface area contributed by atoms with Crippen molar-refractivity contribution in [1.82, 2.24) is 9.80 Å². The Morgan fingerprint density at radius 2 is 1.78 bits per heavy atom. The molecule has 240 valence electrons. The summed E-state index contributed by atoms with van der Waals surface area (Å²) in [6.45, 7) is 15.5. The molecule has 0 radical (unpaired) electrons. The van der Waals surface area contributed by atoms with Gasteiger partial charge in [0.2, 0.25) is 5.91 Å². The number of rotatable bonds is 8. The Kier molecular flexibility index (Phi) is 10.1. The van der Waals surface area contributed by atoms with Crippen molar-refractivity contribution in [3.63, 3.8) is 0 Å². The predicted octanol–water partition coefficient (Wildman–Crippen LogP) is 7.66. The van der Waals surface area contributed by atoms with Gasteiger partial charge in [0.15, 0.2) is 0 Å². The van der Waals surface area contributed by atoms with Gasteiger partial charge in [-0.2, -0.15) is 0 Å². The van der Waals surface area contributed by atoms with Gasteiger partial charge in [0.1, 0.15) is 5.82 Å². The van der Waals surface area contributed by atoms with E-state index >= 15 is 4.39 Å². The number of anilines is 1. The van der Waals surface area contributed by atoms with Crippen LogP contribution in [0.1, 0.15) is 92.5 Å². The number of aryl methyl sites for hydroxylation is 1. The number of carbonyl (C=O) groups excluding carboxylic acids is 2. The van der Waals surface area contributed by atoms with Crippen LogP contribution in [-0.4, -0.2) is 53.5 Å². The molecule has 6 nitrogen and oxygen atoms in total. The third-order valence-corrected chi connectivity index (χ3v) is 9.58. The van der Waals surface area contributed by atoms with Crippen molar-refractivity contribution in [2.45, 2.75) is 91.0 Å². The number of ether oxygens (including phenoxy) is 1. The van der Waals surface area contributed by atoms with Crippen LogP contribution in [0.2, 0.25) is 0 Å². The molecule has 4 atom stereocenters. The molecule has 0 spiro atoms. The lowest BCUT2D eigenvalue weighted by atomic mass is 9.82. The van der Waals surface area contributed by atoms with Crippen LogP contribution >= 0.6 is 0 Å². The van der Waals surface area contributed by atoms with Crippen LogP contribution in [0.4, 0.5) is 10.1 Å². The molecule has 2 aliphatic heterocycles. The second-order valence-electron chi connectivity index (χ2n) is 13.7. The highest BCUT2D eigenvalue weighted by atomic mass is 19.1. The smallest absolute Gasteiger partial charge is 0.257 e. The number of likely N-dealkylation sites (tertiary alicyclic amines) is 1. The third-order valence-electron chi connectivity index (χ3n) is 9.58. The van der Waals surface area contributed by atoms with E-state index in [1.54, 1.807) is 24.0 Å². The first-order valence-corrected chi connectivity index (χ1v) is 16.4. The minimum absolute atomic E-state index is 0.0626. The number of hydrogen-bond acceptors (Lipinski definition) is 4. The average Bonchev–Trinajstić information content (AvgIpc) is 3.44.